The Hall–Kier alpha value is -1.99. The van der Waals surface area contributed by atoms with Crippen LogP contribution in [-0.4, -0.2) is 65.4 Å². The highest BCUT2D eigenvalue weighted by Crippen LogP contribution is 2.77. The van der Waals surface area contributed by atoms with E-state index in [0.29, 0.717) is 74.9 Å². The van der Waals surface area contributed by atoms with Crippen molar-refractivity contribution in [2.45, 2.75) is 144 Å². The molecule has 1 aliphatic heterocycles. The number of hydrogen-bond acceptors (Lipinski definition) is 4. The van der Waals surface area contributed by atoms with E-state index in [0.717, 1.165) is 13.0 Å². The number of rotatable bonds is 8. The Balaban J connectivity index is 1.11. The van der Waals surface area contributed by atoms with E-state index < -0.39 is 23.7 Å². The van der Waals surface area contributed by atoms with Crippen LogP contribution in [0.5, 0.6) is 0 Å². The fraction of sp³-hybridized carbons (Fsp3) is 0.826. The van der Waals surface area contributed by atoms with Gasteiger partial charge in [-0.1, -0.05) is 58.9 Å². The Labute approximate surface area is 319 Å². The Kier molecular flexibility index (Phi) is 9.86. The molecule has 1 amide bonds. The monoisotopic (exact) mass is 735 g/mol. The number of alkyl halides is 1. The van der Waals surface area contributed by atoms with Crippen LogP contribution in [0.1, 0.15) is 138 Å². The zero-order valence-electron chi connectivity index (χ0n) is 34.2. The molecule has 53 heavy (non-hydrogen) atoms. The van der Waals surface area contributed by atoms with Gasteiger partial charge in [0.05, 0.1) is 17.6 Å². The molecule has 6 aliphatic carbocycles. The Morgan fingerprint density at radius 1 is 0.887 bits per heavy atom. The number of carboxylic acids is 1. The Bertz CT molecular complexity index is 1560. The van der Waals surface area contributed by atoms with E-state index in [4.69, 9.17) is 0 Å². The quantitative estimate of drug-likeness (QED) is 0.217. The molecule has 7 rings (SSSR count). The molecular formula is C46H71FN2O4. The maximum Gasteiger partial charge on any atom is 0.312 e. The molecule has 7 heteroatoms. The lowest BCUT2D eigenvalue weighted by atomic mass is 9.32. The summed E-state index contributed by atoms with van der Waals surface area (Å²) in [5.74, 6) is 2.12. The summed E-state index contributed by atoms with van der Waals surface area (Å²) in [5, 5.41) is 23.9. The topological polar surface area (TPSA) is 89.9 Å². The minimum atomic E-state index is -1.26. The van der Waals surface area contributed by atoms with Crippen molar-refractivity contribution in [3.8, 4) is 0 Å². The molecule has 10 atom stereocenters. The molecule has 3 unspecified atom stereocenters. The molecule has 0 spiro atoms. The van der Waals surface area contributed by atoms with Gasteiger partial charge in [-0.15, -0.1) is 0 Å². The Morgan fingerprint density at radius 3 is 2.23 bits per heavy atom. The van der Waals surface area contributed by atoms with Crippen molar-refractivity contribution in [3.63, 3.8) is 0 Å². The van der Waals surface area contributed by atoms with E-state index in [9.17, 15) is 24.2 Å². The second-order valence-electron chi connectivity index (χ2n) is 21.2. The van der Waals surface area contributed by atoms with Gasteiger partial charge in [0.25, 0.3) is 0 Å². The van der Waals surface area contributed by atoms with Gasteiger partial charge in [-0.3, -0.25) is 9.59 Å². The highest BCUT2D eigenvalue weighted by Gasteiger charge is 2.70. The van der Waals surface area contributed by atoms with E-state index in [-0.39, 0.29) is 39.4 Å². The molecular weight excluding hydrogens is 664 g/mol. The van der Waals surface area contributed by atoms with E-state index in [1.165, 1.54) is 68.1 Å². The van der Waals surface area contributed by atoms with Crippen molar-refractivity contribution in [2.24, 2.45) is 62.1 Å². The van der Waals surface area contributed by atoms with Crippen molar-refractivity contribution in [2.75, 3.05) is 32.9 Å². The highest BCUT2D eigenvalue weighted by atomic mass is 19.1. The SMILES string of the molecule is C=C(C)[C@@H]1CCC2(CNCC(=O)N3CCC(C)(O)CC3)CC[C@]3(C)C(CC[C@@H]4C5(C)CC=C(C6=CC[C@](CF)(C(=O)O)CC6)C(C)(C)[C@@H]5CC[C@]43C)[C@@H]12. The number of likely N-dealkylation sites (tertiary alicyclic amines) is 1. The fourth-order valence-corrected chi connectivity index (χ4v) is 15.0. The molecule has 0 aromatic rings. The van der Waals surface area contributed by atoms with Gasteiger partial charge in [0.15, 0.2) is 0 Å². The van der Waals surface area contributed by atoms with Crippen LogP contribution in [0, 0.1) is 62.1 Å². The molecule has 296 valence electrons. The molecule has 0 aromatic heterocycles. The first-order chi connectivity index (χ1) is 24.8. The summed E-state index contributed by atoms with van der Waals surface area (Å²) in [5.41, 5.74) is 2.93. The molecule has 1 saturated heterocycles. The smallest absolute Gasteiger partial charge is 0.312 e. The normalized spacial score (nSPS) is 44.4. The van der Waals surface area contributed by atoms with Gasteiger partial charge in [-0.25, -0.2) is 4.39 Å². The lowest BCUT2D eigenvalue weighted by Crippen LogP contribution is -2.66. The average molecular weight is 735 g/mol. The van der Waals surface area contributed by atoms with Crippen LogP contribution in [0.3, 0.4) is 0 Å². The number of aliphatic carboxylic acids is 1. The van der Waals surface area contributed by atoms with Gasteiger partial charge < -0.3 is 20.4 Å². The number of allylic oxidation sites excluding steroid dienone is 5. The van der Waals surface area contributed by atoms with Crippen LogP contribution in [-0.2, 0) is 9.59 Å². The first-order valence-corrected chi connectivity index (χ1v) is 21.3. The number of aliphatic hydroxyl groups is 1. The summed E-state index contributed by atoms with van der Waals surface area (Å²) >= 11 is 0. The second-order valence-corrected chi connectivity index (χ2v) is 21.2. The number of piperidine rings is 1. The molecule has 0 bridgehead atoms. The summed E-state index contributed by atoms with van der Waals surface area (Å²) in [7, 11) is 0. The number of hydrogen-bond donors (Lipinski definition) is 3. The molecule has 4 saturated carbocycles. The lowest BCUT2D eigenvalue weighted by molar-refractivity contribution is -0.226. The zero-order valence-corrected chi connectivity index (χ0v) is 34.2. The van der Waals surface area contributed by atoms with Gasteiger partial charge in [-0.2, -0.15) is 0 Å². The number of fused-ring (bicyclic) bond motifs is 7. The predicted molar refractivity (Wildman–Crippen MR) is 210 cm³/mol. The number of carbonyl (C=O) groups excluding carboxylic acids is 1. The molecule has 5 fully saturated rings. The molecule has 0 radical (unpaired) electrons. The zero-order chi connectivity index (χ0) is 38.4. The number of carboxylic acid groups (broad SMARTS) is 1. The summed E-state index contributed by atoms with van der Waals surface area (Å²) in [6.45, 7) is 23.4. The number of nitrogens with one attached hydrogen (secondary N) is 1. The summed E-state index contributed by atoms with van der Waals surface area (Å²) < 4.78 is 14.0. The van der Waals surface area contributed by atoms with Crippen molar-refractivity contribution in [1.82, 2.24) is 10.2 Å². The molecule has 1 heterocycles. The number of amides is 1. The summed E-state index contributed by atoms with van der Waals surface area (Å²) in [6.07, 6.45) is 18.2. The average Bonchev–Trinajstić information content (AvgIpc) is 3.48. The molecule has 0 aromatic carbocycles. The minimum absolute atomic E-state index is 0.0237. The van der Waals surface area contributed by atoms with E-state index in [1.54, 1.807) is 0 Å². The number of carbonyl (C=O) groups is 2. The van der Waals surface area contributed by atoms with E-state index in [1.807, 2.05) is 11.8 Å². The maximum atomic E-state index is 14.0. The van der Waals surface area contributed by atoms with Crippen LogP contribution in [0.4, 0.5) is 4.39 Å². The molecule has 3 N–H and O–H groups in total. The van der Waals surface area contributed by atoms with Gasteiger partial charge in [0.2, 0.25) is 5.91 Å². The summed E-state index contributed by atoms with van der Waals surface area (Å²) in [4.78, 5) is 27.2. The largest absolute Gasteiger partial charge is 0.481 e. The highest BCUT2D eigenvalue weighted by molar-refractivity contribution is 5.78. The predicted octanol–water partition coefficient (Wildman–Crippen LogP) is 9.29. The van der Waals surface area contributed by atoms with Crippen molar-refractivity contribution in [1.29, 1.82) is 0 Å². The minimum Gasteiger partial charge on any atom is -0.481 e. The molecule has 6 nitrogen and oxygen atoms in total. The maximum absolute atomic E-state index is 14.0. The van der Waals surface area contributed by atoms with Crippen LogP contribution in [0.25, 0.3) is 0 Å². The third-order valence-corrected chi connectivity index (χ3v) is 18.4. The first-order valence-electron chi connectivity index (χ1n) is 21.3. The van der Waals surface area contributed by atoms with Gasteiger partial charge in [0, 0.05) is 19.6 Å². The van der Waals surface area contributed by atoms with Crippen molar-refractivity contribution < 1.29 is 24.2 Å². The first kappa shape index (κ1) is 39.3. The van der Waals surface area contributed by atoms with Crippen LogP contribution in [0.2, 0.25) is 0 Å². The van der Waals surface area contributed by atoms with Gasteiger partial charge in [-0.05, 0) is 172 Å². The third-order valence-electron chi connectivity index (χ3n) is 18.4. The summed E-state index contributed by atoms with van der Waals surface area (Å²) in [6, 6.07) is 0. The van der Waals surface area contributed by atoms with Crippen LogP contribution in [0.15, 0.2) is 35.5 Å². The standard InChI is InChI=1S/C46H71FN2O4/c1-30(2)32-13-20-46(29-48-27-37(50)49-25-23-41(5,53)24-26-49)22-21-43(7)34(38(32)46)9-10-36-42(6)16-14-33(40(3,4)35(42)15-17-44(36,43)8)31-11-18-45(28-47,19-12-31)39(51)52/h11,14,32,34-36,38,48,53H,1,9-10,12-13,15-29H2,2-8H3,(H,51,52)/t32-,34?,35-,36+,38+,42?,43+,44+,45-,46?/m0/s1. The number of nitrogens with zero attached hydrogens (tertiary/aromatic N) is 1. The van der Waals surface area contributed by atoms with E-state index >= 15 is 0 Å². The van der Waals surface area contributed by atoms with Crippen LogP contribution < -0.4 is 5.32 Å². The van der Waals surface area contributed by atoms with Gasteiger partial charge in [0.1, 0.15) is 6.67 Å². The van der Waals surface area contributed by atoms with Crippen molar-refractivity contribution >= 4 is 11.9 Å². The Morgan fingerprint density at radius 2 is 1.60 bits per heavy atom. The lowest BCUT2D eigenvalue weighted by Gasteiger charge is -2.72. The van der Waals surface area contributed by atoms with Gasteiger partial charge >= 0.3 is 5.97 Å². The second kappa shape index (κ2) is 13.3. The van der Waals surface area contributed by atoms with Crippen LogP contribution >= 0.6 is 0 Å². The third kappa shape index (κ3) is 5.97. The molecule has 7 aliphatic rings. The fourth-order valence-electron chi connectivity index (χ4n) is 15.0. The van der Waals surface area contributed by atoms with Crippen molar-refractivity contribution in [3.05, 3.63) is 35.5 Å². The van der Waals surface area contributed by atoms with E-state index in [2.05, 4.69) is 65.6 Å². The number of halogens is 1.